The Balaban J connectivity index is 1.53. The number of ketones is 1. The molecule has 5 aromatic rings. The molecule has 0 spiro atoms. The van der Waals surface area contributed by atoms with Gasteiger partial charge in [-0.05, 0) is 35.2 Å². The third-order valence-corrected chi connectivity index (χ3v) is 6.36. The molecule has 0 unspecified atom stereocenters. The van der Waals surface area contributed by atoms with Crippen molar-refractivity contribution in [1.82, 2.24) is 5.16 Å². The normalized spacial score (nSPS) is 12.5. The third kappa shape index (κ3) is 3.56. The van der Waals surface area contributed by atoms with Gasteiger partial charge in [-0.2, -0.15) is 0 Å². The molecular formula is C30H24N2O3. The Morgan fingerprint density at radius 1 is 0.857 bits per heavy atom. The Morgan fingerprint density at radius 3 is 2.26 bits per heavy atom. The predicted octanol–water partition coefficient (Wildman–Crippen LogP) is 7.87. The number of nitrogens with zero attached hydrogens (tertiary/aromatic N) is 1. The van der Waals surface area contributed by atoms with E-state index in [1.54, 1.807) is 0 Å². The van der Waals surface area contributed by atoms with Gasteiger partial charge in [0.05, 0.1) is 16.6 Å². The molecule has 172 valence electrons. The largest absolute Gasteiger partial charge is 0.455 e. The van der Waals surface area contributed by atoms with Crippen LogP contribution in [0.2, 0.25) is 0 Å². The molecule has 1 aliphatic carbocycles. The summed E-state index contributed by atoms with van der Waals surface area (Å²) < 4.78 is 12.1. The Labute approximate surface area is 203 Å². The topological polar surface area (TPSA) is 64.4 Å². The van der Waals surface area contributed by atoms with Crippen LogP contribution in [0.15, 0.2) is 89.5 Å². The number of aromatic nitrogens is 1. The molecule has 0 amide bonds. The highest BCUT2D eigenvalue weighted by atomic mass is 16.5. The van der Waals surface area contributed by atoms with Crippen molar-refractivity contribution in [2.45, 2.75) is 26.2 Å². The van der Waals surface area contributed by atoms with Gasteiger partial charge in [-0.25, -0.2) is 0 Å². The summed E-state index contributed by atoms with van der Waals surface area (Å²) in [5.41, 5.74) is 5.18. The monoisotopic (exact) mass is 460 g/mol. The number of fused-ring (bicyclic) bond motifs is 2. The molecule has 35 heavy (non-hydrogen) atoms. The van der Waals surface area contributed by atoms with Crippen LogP contribution in [0.3, 0.4) is 0 Å². The number of para-hydroxylation sites is 1. The number of hydrogen-bond donors (Lipinski definition) is 1. The number of hydrogen-bond acceptors (Lipinski definition) is 5. The highest BCUT2D eigenvalue weighted by Crippen LogP contribution is 2.47. The second kappa shape index (κ2) is 7.84. The number of ether oxygens (including phenoxy) is 1. The van der Waals surface area contributed by atoms with E-state index in [0.29, 0.717) is 45.0 Å². The average molecular weight is 461 g/mol. The molecule has 0 saturated carbocycles. The second-order valence-electron chi connectivity index (χ2n) is 9.77. The summed E-state index contributed by atoms with van der Waals surface area (Å²) in [7, 11) is 0. The molecule has 0 saturated heterocycles. The summed E-state index contributed by atoms with van der Waals surface area (Å²) in [6.07, 6.45) is 0. The van der Waals surface area contributed by atoms with Gasteiger partial charge >= 0.3 is 0 Å². The highest BCUT2D eigenvalue weighted by Gasteiger charge is 2.33. The Kier molecular flexibility index (Phi) is 4.74. The zero-order valence-electron chi connectivity index (χ0n) is 19.8. The first-order chi connectivity index (χ1) is 16.9. The van der Waals surface area contributed by atoms with Crippen LogP contribution in [0.5, 0.6) is 11.5 Å². The SMILES string of the molecule is CC(C)(C)c1ccc(Oc2cc(Nc3ccccc3)c3c4c(onc24)-c2ccccc2C3=O)cc1. The second-order valence-corrected chi connectivity index (χ2v) is 9.77. The fraction of sp³-hybridized carbons (Fsp3) is 0.133. The quantitative estimate of drug-likeness (QED) is 0.290. The molecule has 1 N–H and O–H groups in total. The first-order valence-electron chi connectivity index (χ1n) is 11.6. The van der Waals surface area contributed by atoms with E-state index in [0.717, 1.165) is 11.3 Å². The van der Waals surface area contributed by atoms with E-state index in [9.17, 15) is 4.79 Å². The molecule has 1 aliphatic rings. The van der Waals surface area contributed by atoms with Crippen LogP contribution in [-0.4, -0.2) is 10.9 Å². The van der Waals surface area contributed by atoms with Gasteiger partial charge in [-0.1, -0.05) is 80.5 Å². The van der Waals surface area contributed by atoms with E-state index in [1.165, 1.54) is 5.56 Å². The zero-order chi connectivity index (χ0) is 24.2. The van der Waals surface area contributed by atoms with E-state index in [-0.39, 0.29) is 11.2 Å². The van der Waals surface area contributed by atoms with Crippen molar-refractivity contribution in [1.29, 1.82) is 0 Å². The number of carbonyl (C=O) groups excluding carboxylic acids is 1. The summed E-state index contributed by atoms with van der Waals surface area (Å²) in [5.74, 6) is 1.72. The Hall–Kier alpha value is -4.38. The molecule has 0 atom stereocenters. The molecule has 0 bridgehead atoms. The van der Waals surface area contributed by atoms with Gasteiger partial charge in [-0.15, -0.1) is 0 Å². The molecular weight excluding hydrogens is 436 g/mol. The molecule has 6 rings (SSSR count). The molecule has 1 heterocycles. The van der Waals surface area contributed by atoms with Crippen molar-refractivity contribution in [2.24, 2.45) is 0 Å². The predicted molar refractivity (Wildman–Crippen MR) is 138 cm³/mol. The number of benzene rings is 4. The van der Waals surface area contributed by atoms with Gasteiger partial charge in [-0.3, -0.25) is 4.79 Å². The van der Waals surface area contributed by atoms with Gasteiger partial charge in [0.1, 0.15) is 5.75 Å². The lowest BCUT2D eigenvalue weighted by atomic mass is 9.86. The summed E-state index contributed by atoms with van der Waals surface area (Å²) in [4.78, 5) is 13.7. The van der Waals surface area contributed by atoms with Gasteiger partial charge in [0.2, 0.25) is 0 Å². The van der Waals surface area contributed by atoms with E-state index in [4.69, 9.17) is 9.26 Å². The van der Waals surface area contributed by atoms with Crippen LogP contribution in [-0.2, 0) is 5.41 Å². The smallest absolute Gasteiger partial charge is 0.196 e. The fourth-order valence-corrected chi connectivity index (χ4v) is 4.53. The van der Waals surface area contributed by atoms with E-state index in [2.05, 4.69) is 43.4 Å². The number of anilines is 2. The summed E-state index contributed by atoms with van der Waals surface area (Å²) in [5, 5.41) is 8.42. The molecule has 1 aromatic heterocycles. The first kappa shape index (κ1) is 21.2. The summed E-state index contributed by atoms with van der Waals surface area (Å²) >= 11 is 0. The minimum absolute atomic E-state index is 0.0476. The van der Waals surface area contributed by atoms with Crippen molar-refractivity contribution in [2.75, 3.05) is 5.32 Å². The molecule has 0 fully saturated rings. The van der Waals surface area contributed by atoms with Crippen LogP contribution in [0, 0.1) is 0 Å². The first-order valence-corrected chi connectivity index (χ1v) is 11.6. The van der Waals surface area contributed by atoms with Gasteiger partial charge in [0, 0.05) is 22.9 Å². The van der Waals surface area contributed by atoms with Crippen molar-refractivity contribution in [3.8, 4) is 22.8 Å². The average Bonchev–Trinajstić information content (AvgIpc) is 3.30. The third-order valence-electron chi connectivity index (χ3n) is 6.36. The minimum atomic E-state index is -0.0687. The summed E-state index contributed by atoms with van der Waals surface area (Å²) in [6.45, 7) is 6.53. The van der Waals surface area contributed by atoms with Crippen molar-refractivity contribution in [3.05, 3.63) is 102 Å². The molecule has 5 nitrogen and oxygen atoms in total. The lowest BCUT2D eigenvalue weighted by Crippen LogP contribution is -2.12. The summed E-state index contributed by atoms with van der Waals surface area (Å²) in [6, 6.07) is 27.1. The van der Waals surface area contributed by atoms with E-state index in [1.807, 2.05) is 72.8 Å². The minimum Gasteiger partial charge on any atom is -0.455 e. The van der Waals surface area contributed by atoms with Crippen molar-refractivity contribution >= 4 is 28.1 Å². The maximum absolute atomic E-state index is 13.7. The zero-order valence-corrected chi connectivity index (χ0v) is 19.8. The molecule has 0 aliphatic heterocycles. The highest BCUT2D eigenvalue weighted by molar-refractivity contribution is 6.28. The van der Waals surface area contributed by atoms with Crippen LogP contribution < -0.4 is 10.1 Å². The molecule has 0 radical (unpaired) electrons. The van der Waals surface area contributed by atoms with E-state index >= 15 is 0 Å². The number of rotatable bonds is 4. The van der Waals surface area contributed by atoms with Gasteiger partial charge < -0.3 is 14.6 Å². The fourth-order valence-electron chi connectivity index (χ4n) is 4.53. The van der Waals surface area contributed by atoms with Gasteiger partial charge in [0.25, 0.3) is 0 Å². The van der Waals surface area contributed by atoms with Crippen molar-refractivity contribution < 1.29 is 14.1 Å². The molecule has 4 aromatic carbocycles. The van der Waals surface area contributed by atoms with Crippen LogP contribution >= 0.6 is 0 Å². The maximum atomic E-state index is 13.7. The maximum Gasteiger partial charge on any atom is 0.196 e. The number of nitrogens with one attached hydrogen (secondary N) is 1. The Morgan fingerprint density at radius 2 is 1.54 bits per heavy atom. The number of carbonyl (C=O) groups is 1. The van der Waals surface area contributed by atoms with E-state index < -0.39 is 0 Å². The lowest BCUT2D eigenvalue weighted by molar-refractivity contribution is 0.104. The standard InChI is InChI=1S/C30H24N2O3/c1-30(2,3)18-13-15-20(16-14-18)34-24-17-23(31-19-9-5-4-6-10-19)25-26-27(24)32-35-29(26)22-12-8-7-11-21(22)28(25)33/h4-17,31H,1-3H3. The van der Waals surface area contributed by atoms with Crippen LogP contribution in [0.25, 0.3) is 22.2 Å². The van der Waals surface area contributed by atoms with Crippen molar-refractivity contribution in [3.63, 3.8) is 0 Å². The molecule has 5 heteroatoms. The lowest BCUT2D eigenvalue weighted by Gasteiger charge is -2.20. The van der Waals surface area contributed by atoms with Gasteiger partial charge in [0.15, 0.2) is 22.8 Å². The van der Waals surface area contributed by atoms with Crippen LogP contribution in [0.1, 0.15) is 42.3 Å². The van der Waals surface area contributed by atoms with Crippen LogP contribution in [0.4, 0.5) is 11.4 Å². The Bertz CT molecular complexity index is 1580.